The fourth-order valence-electron chi connectivity index (χ4n) is 2.72. The Balaban J connectivity index is 2.08. The summed E-state index contributed by atoms with van der Waals surface area (Å²) >= 11 is 0. The molecule has 0 fully saturated rings. The molecule has 1 aromatic rings. The van der Waals surface area contributed by atoms with Crippen LogP contribution in [0.1, 0.15) is 49.8 Å². The Kier molecular flexibility index (Phi) is 4.57. The highest BCUT2D eigenvalue weighted by Gasteiger charge is 2.24. The van der Waals surface area contributed by atoms with E-state index in [1.807, 2.05) is 19.1 Å². The van der Waals surface area contributed by atoms with Gasteiger partial charge in [0.2, 0.25) is 5.91 Å². The second-order valence-corrected chi connectivity index (χ2v) is 5.12. The fourth-order valence-corrected chi connectivity index (χ4v) is 2.72. The predicted molar refractivity (Wildman–Crippen MR) is 74.3 cm³/mol. The van der Waals surface area contributed by atoms with E-state index < -0.39 is 5.92 Å². The monoisotopic (exact) mass is 256 g/mol. The van der Waals surface area contributed by atoms with Gasteiger partial charge in [-0.25, -0.2) is 0 Å². The third kappa shape index (κ3) is 3.14. The van der Waals surface area contributed by atoms with Gasteiger partial charge in [0.05, 0.1) is 12.1 Å². The zero-order chi connectivity index (χ0) is 13.7. The van der Waals surface area contributed by atoms with Crippen LogP contribution in [-0.4, -0.2) is 5.91 Å². The lowest BCUT2D eigenvalue weighted by atomic mass is 9.87. The molecule has 0 saturated heterocycles. The molecule has 0 heterocycles. The second kappa shape index (κ2) is 6.38. The molecule has 1 N–H and O–H groups in total. The number of nitriles is 1. The molecule has 0 spiro atoms. The molecular formula is C16H20N2O. The van der Waals surface area contributed by atoms with Crippen LogP contribution in [0.5, 0.6) is 0 Å². The van der Waals surface area contributed by atoms with E-state index in [2.05, 4.69) is 23.5 Å². The summed E-state index contributed by atoms with van der Waals surface area (Å²) < 4.78 is 0. The largest absolute Gasteiger partial charge is 0.348 e. The van der Waals surface area contributed by atoms with Crippen LogP contribution in [0.15, 0.2) is 24.3 Å². The number of hydrogen-bond acceptors (Lipinski definition) is 2. The average molecular weight is 256 g/mol. The van der Waals surface area contributed by atoms with Gasteiger partial charge in [-0.1, -0.05) is 37.6 Å². The van der Waals surface area contributed by atoms with Gasteiger partial charge in [0, 0.05) is 0 Å². The van der Waals surface area contributed by atoms with Crippen molar-refractivity contribution < 1.29 is 4.79 Å². The van der Waals surface area contributed by atoms with Crippen molar-refractivity contribution in [2.45, 2.75) is 45.1 Å². The summed E-state index contributed by atoms with van der Waals surface area (Å²) in [6.45, 7) is 1.99. The number of aryl methyl sites for hydroxylation is 1. The molecule has 2 rings (SSSR count). The number of carbonyl (C=O) groups is 1. The molecule has 3 nitrogen and oxygen atoms in total. The maximum atomic E-state index is 12.1. The smallest absolute Gasteiger partial charge is 0.237 e. The lowest BCUT2D eigenvalue weighted by molar-refractivity contribution is -0.124. The first-order chi connectivity index (χ1) is 9.26. The zero-order valence-electron chi connectivity index (χ0n) is 11.4. The van der Waals surface area contributed by atoms with Crippen molar-refractivity contribution in [1.29, 1.82) is 5.26 Å². The number of carbonyl (C=O) groups excluding carboxylic acids is 1. The quantitative estimate of drug-likeness (QED) is 0.899. The molecule has 1 aliphatic rings. The van der Waals surface area contributed by atoms with E-state index in [1.54, 1.807) is 0 Å². The van der Waals surface area contributed by atoms with Crippen molar-refractivity contribution in [3.8, 4) is 6.07 Å². The van der Waals surface area contributed by atoms with Crippen LogP contribution in [0.3, 0.4) is 0 Å². The van der Waals surface area contributed by atoms with Crippen LogP contribution in [0, 0.1) is 17.2 Å². The van der Waals surface area contributed by atoms with Gasteiger partial charge in [0.15, 0.2) is 0 Å². The van der Waals surface area contributed by atoms with Gasteiger partial charge in [0.25, 0.3) is 0 Å². The number of hydrogen-bond donors (Lipinski definition) is 1. The predicted octanol–water partition coefficient (Wildman–Crippen LogP) is 3.12. The normalized spacial score (nSPS) is 19.1. The van der Waals surface area contributed by atoms with Crippen molar-refractivity contribution in [1.82, 2.24) is 5.32 Å². The second-order valence-electron chi connectivity index (χ2n) is 5.12. The highest BCUT2D eigenvalue weighted by molar-refractivity contribution is 5.81. The Morgan fingerprint density at radius 1 is 1.53 bits per heavy atom. The molecule has 0 bridgehead atoms. The first-order valence-electron chi connectivity index (χ1n) is 7.04. The summed E-state index contributed by atoms with van der Waals surface area (Å²) in [7, 11) is 0. The summed E-state index contributed by atoms with van der Waals surface area (Å²) in [5.41, 5.74) is 2.54. The summed E-state index contributed by atoms with van der Waals surface area (Å²) in [6, 6.07) is 10.4. The van der Waals surface area contributed by atoms with Crippen LogP contribution in [-0.2, 0) is 11.2 Å². The molecule has 1 aromatic carbocycles. The Hall–Kier alpha value is -1.82. The molecule has 3 heteroatoms. The van der Waals surface area contributed by atoms with Crippen LogP contribution >= 0.6 is 0 Å². The molecule has 19 heavy (non-hydrogen) atoms. The Labute approximate surface area is 114 Å². The Morgan fingerprint density at radius 2 is 2.32 bits per heavy atom. The number of nitrogens with zero attached hydrogens (tertiary/aromatic N) is 1. The van der Waals surface area contributed by atoms with Crippen molar-refractivity contribution in [3.63, 3.8) is 0 Å². The summed E-state index contributed by atoms with van der Waals surface area (Å²) in [4.78, 5) is 12.1. The lowest BCUT2D eigenvalue weighted by Crippen LogP contribution is -2.35. The van der Waals surface area contributed by atoms with Gasteiger partial charge in [-0.3, -0.25) is 4.79 Å². The maximum absolute atomic E-state index is 12.1. The molecule has 0 aliphatic heterocycles. The number of amides is 1. The van der Waals surface area contributed by atoms with Gasteiger partial charge in [-0.05, 0) is 36.8 Å². The van der Waals surface area contributed by atoms with E-state index in [9.17, 15) is 4.79 Å². The highest BCUT2D eigenvalue weighted by Crippen LogP contribution is 2.29. The van der Waals surface area contributed by atoms with E-state index in [1.165, 1.54) is 11.1 Å². The molecule has 0 radical (unpaired) electrons. The summed E-state index contributed by atoms with van der Waals surface area (Å²) in [5, 5.41) is 12.1. The van der Waals surface area contributed by atoms with Crippen molar-refractivity contribution in [3.05, 3.63) is 35.4 Å². The third-order valence-electron chi connectivity index (χ3n) is 3.74. The van der Waals surface area contributed by atoms with Crippen LogP contribution < -0.4 is 5.32 Å². The number of rotatable bonds is 4. The number of fused-ring (bicyclic) bond motifs is 1. The van der Waals surface area contributed by atoms with E-state index >= 15 is 0 Å². The van der Waals surface area contributed by atoms with Gasteiger partial charge in [0.1, 0.15) is 5.92 Å². The minimum atomic E-state index is -0.515. The minimum absolute atomic E-state index is 0.0742. The molecule has 1 amide bonds. The Bertz CT molecular complexity index is 490. The SMILES string of the molecule is CCCC(C#N)C(=O)NC1CCCc2ccccc21. The maximum Gasteiger partial charge on any atom is 0.237 e. The van der Waals surface area contributed by atoms with Gasteiger partial charge >= 0.3 is 0 Å². The van der Waals surface area contributed by atoms with E-state index in [-0.39, 0.29) is 11.9 Å². The van der Waals surface area contributed by atoms with Gasteiger partial charge < -0.3 is 5.32 Å². The molecule has 0 saturated carbocycles. The van der Waals surface area contributed by atoms with Crippen LogP contribution in [0.4, 0.5) is 0 Å². The molecule has 2 unspecified atom stereocenters. The van der Waals surface area contributed by atoms with Crippen molar-refractivity contribution in [2.75, 3.05) is 0 Å². The minimum Gasteiger partial charge on any atom is -0.348 e. The van der Waals surface area contributed by atoms with Gasteiger partial charge in [-0.2, -0.15) is 5.26 Å². The molecule has 2 atom stereocenters. The average Bonchev–Trinajstić information content (AvgIpc) is 2.45. The fraction of sp³-hybridized carbons (Fsp3) is 0.500. The first kappa shape index (κ1) is 13.6. The van der Waals surface area contributed by atoms with E-state index in [4.69, 9.17) is 5.26 Å². The summed E-state index contributed by atoms with van der Waals surface area (Å²) in [5.74, 6) is -0.634. The molecule has 1 aliphatic carbocycles. The summed E-state index contributed by atoms with van der Waals surface area (Å²) in [6.07, 6.45) is 4.63. The molecular weight excluding hydrogens is 236 g/mol. The molecule has 0 aromatic heterocycles. The topological polar surface area (TPSA) is 52.9 Å². The highest BCUT2D eigenvalue weighted by atomic mass is 16.1. The van der Waals surface area contributed by atoms with Crippen molar-refractivity contribution >= 4 is 5.91 Å². The molecule has 100 valence electrons. The van der Waals surface area contributed by atoms with Gasteiger partial charge in [-0.15, -0.1) is 0 Å². The third-order valence-corrected chi connectivity index (χ3v) is 3.74. The number of nitrogens with one attached hydrogen (secondary N) is 1. The number of benzene rings is 1. The van der Waals surface area contributed by atoms with Crippen LogP contribution in [0.2, 0.25) is 0 Å². The zero-order valence-corrected chi connectivity index (χ0v) is 11.4. The Morgan fingerprint density at radius 3 is 3.05 bits per heavy atom. The van der Waals surface area contributed by atoms with Crippen LogP contribution in [0.25, 0.3) is 0 Å². The first-order valence-corrected chi connectivity index (χ1v) is 7.04. The standard InChI is InChI=1S/C16H20N2O/c1-2-6-13(11-17)16(19)18-15-10-5-8-12-7-3-4-9-14(12)15/h3-4,7,9,13,15H,2,5-6,8,10H2,1H3,(H,18,19). The van der Waals surface area contributed by atoms with Crippen molar-refractivity contribution in [2.24, 2.45) is 5.92 Å². The van der Waals surface area contributed by atoms with E-state index in [0.717, 1.165) is 25.7 Å². The lowest BCUT2D eigenvalue weighted by Gasteiger charge is -2.27. The van der Waals surface area contributed by atoms with E-state index in [0.29, 0.717) is 6.42 Å².